The van der Waals surface area contributed by atoms with Crippen LogP contribution in [0.4, 0.5) is 4.79 Å². The molecule has 1 atom stereocenters. The lowest BCUT2D eigenvalue weighted by Crippen LogP contribution is -2.46. The maximum Gasteiger partial charge on any atom is 0.325 e. The molecule has 3 rings (SSSR count). The summed E-state index contributed by atoms with van der Waals surface area (Å²) in [5.41, 5.74) is -0.133. The fraction of sp³-hybridized carbons (Fsp3) is 0.583. The van der Waals surface area contributed by atoms with Gasteiger partial charge in [0.1, 0.15) is 17.0 Å². The number of nitrogens with one attached hydrogen (secondary N) is 1. The molecule has 2 fully saturated rings. The van der Waals surface area contributed by atoms with Gasteiger partial charge in [0.05, 0.1) is 6.54 Å². The molecule has 6 heteroatoms. The van der Waals surface area contributed by atoms with Crippen LogP contribution in [0.3, 0.4) is 0 Å². The molecule has 1 aliphatic heterocycles. The summed E-state index contributed by atoms with van der Waals surface area (Å²) in [6.07, 6.45) is 2.00. The molecule has 0 radical (unpaired) electrons. The van der Waals surface area contributed by atoms with Crippen LogP contribution in [0.2, 0.25) is 0 Å². The summed E-state index contributed by atoms with van der Waals surface area (Å²) < 4.78 is 4.94. The Morgan fingerprint density at radius 1 is 1.56 bits per heavy atom. The molecule has 96 valence electrons. The summed E-state index contributed by atoms with van der Waals surface area (Å²) in [7, 11) is 0. The highest BCUT2D eigenvalue weighted by atomic mass is 16.5. The highest BCUT2D eigenvalue weighted by molar-refractivity contribution is 6.07. The van der Waals surface area contributed by atoms with Gasteiger partial charge >= 0.3 is 6.03 Å². The molecule has 1 aromatic rings. The van der Waals surface area contributed by atoms with Gasteiger partial charge in [0, 0.05) is 6.07 Å². The minimum atomic E-state index is -0.726. The van der Waals surface area contributed by atoms with Crippen LogP contribution in [-0.4, -0.2) is 27.5 Å². The van der Waals surface area contributed by atoms with E-state index in [4.69, 9.17) is 4.52 Å². The van der Waals surface area contributed by atoms with Gasteiger partial charge in [0.2, 0.25) is 0 Å². The van der Waals surface area contributed by atoms with Gasteiger partial charge in [-0.05, 0) is 32.6 Å². The van der Waals surface area contributed by atoms with Crippen molar-refractivity contribution >= 4 is 11.9 Å². The Hall–Kier alpha value is -1.85. The molecular formula is C12H15N3O3. The van der Waals surface area contributed by atoms with E-state index in [1.807, 2.05) is 0 Å². The number of hydrogen-bond donors (Lipinski definition) is 1. The zero-order chi connectivity index (χ0) is 12.9. The van der Waals surface area contributed by atoms with Gasteiger partial charge in [-0.15, -0.1) is 0 Å². The Morgan fingerprint density at radius 3 is 2.83 bits per heavy atom. The van der Waals surface area contributed by atoms with E-state index in [1.165, 1.54) is 4.90 Å². The largest absolute Gasteiger partial charge is 0.361 e. The zero-order valence-corrected chi connectivity index (χ0v) is 10.4. The number of urea groups is 1. The third-order valence-corrected chi connectivity index (χ3v) is 3.69. The first-order valence-electron chi connectivity index (χ1n) is 6.07. The van der Waals surface area contributed by atoms with E-state index >= 15 is 0 Å². The van der Waals surface area contributed by atoms with E-state index in [9.17, 15) is 9.59 Å². The topological polar surface area (TPSA) is 75.4 Å². The van der Waals surface area contributed by atoms with Crippen LogP contribution in [0.25, 0.3) is 0 Å². The number of carbonyl (C=O) groups is 2. The van der Waals surface area contributed by atoms with Gasteiger partial charge in [-0.3, -0.25) is 9.69 Å². The predicted octanol–water partition coefficient (Wildman–Crippen LogP) is 1.20. The van der Waals surface area contributed by atoms with Gasteiger partial charge in [-0.1, -0.05) is 5.16 Å². The molecule has 1 saturated heterocycles. The lowest BCUT2D eigenvalue weighted by atomic mass is 9.96. The first-order chi connectivity index (χ1) is 8.50. The van der Waals surface area contributed by atoms with Crippen LogP contribution in [0.15, 0.2) is 10.6 Å². The average molecular weight is 249 g/mol. The Morgan fingerprint density at radius 2 is 2.28 bits per heavy atom. The monoisotopic (exact) mass is 249 g/mol. The summed E-state index contributed by atoms with van der Waals surface area (Å²) in [4.78, 5) is 25.4. The molecule has 2 aliphatic rings. The lowest BCUT2D eigenvalue weighted by Gasteiger charge is -2.20. The Kier molecular flexibility index (Phi) is 2.23. The number of aryl methyl sites for hydroxylation is 1. The van der Waals surface area contributed by atoms with Crippen molar-refractivity contribution in [2.24, 2.45) is 5.92 Å². The third kappa shape index (κ3) is 1.60. The molecule has 0 aromatic carbocycles. The number of imide groups is 1. The highest BCUT2D eigenvalue weighted by Gasteiger charge is 2.55. The summed E-state index contributed by atoms with van der Waals surface area (Å²) in [6, 6.07) is 1.39. The fourth-order valence-corrected chi connectivity index (χ4v) is 2.45. The van der Waals surface area contributed by atoms with E-state index in [0.29, 0.717) is 11.5 Å². The Balaban J connectivity index is 1.80. The maximum absolute atomic E-state index is 12.3. The normalized spacial score (nSPS) is 27.8. The quantitative estimate of drug-likeness (QED) is 0.817. The van der Waals surface area contributed by atoms with E-state index in [1.54, 1.807) is 19.9 Å². The second kappa shape index (κ2) is 3.57. The van der Waals surface area contributed by atoms with E-state index in [0.717, 1.165) is 12.8 Å². The first-order valence-corrected chi connectivity index (χ1v) is 6.07. The maximum atomic E-state index is 12.3. The van der Waals surface area contributed by atoms with Crippen molar-refractivity contribution in [3.63, 3.8) is 0 Å². The van der Waals surface area contributed by atoms with Gasteiger partial charge in [0.25, 0.3) is 5.91 Å². The molecule has 1 N–H and O–H groups in total. The SMILES string of the molecule is Cc1cc(CN2C(=O)N[C@](C)(C3CC3)C2=O)no1. The van der Waals surface area contributed by atoms with Crippen LogP contribution < -0.4 is 5.32 Å². The summed E-state index contributed by atoms with van der Waals surface area (Å²) in [5, 5.41) is 6.61. The van der Waals surface area contributed by atoms with Crippen molar-refractivity contribution in [3.05, 3.63) is 17.5 Å². The molecule has 6 nitrogen and oxygen atoms in total. The molecule has 0 spiro atoms. The first kappa shape index (κ1) is 11.3. The molecule has 1 saturated carbocycles. The molecule has 0 unspecified atom stereocenters. The number of hydrogen-bond acceptors (Lipinski definition) is 4. The van der Waals surface area contributed by atoms with Gasteiger partial charge in [-0.2, -0.15) is 0 Å². The minimum Gasteiger partial charge on any atom is -0.361 e. The van der Waals surface area contributed by atoms with E-state index in [2.05, 4.69) is 10.5 Å². The summed E-state index contributed by atoms with van der Waals surface area (Å²) >= 11 is 0. The molecule has 1 aliphatic carbocycles. The molecule has 1 aromatic heterocycles. The zero-order valence-electron chi connectivity index (χ0n) is 10.4. The summed E-state index contributed by atoms with van der Waals surface area (Å²) in [6.45, 7) is 3.75. The van der Waals surface area contributed by atoms with E-state index in [-0.39, 0.29) is 24.4 Å². The minimum absolute atomic E-state index is 0.157. The number of amides is 3. The van der Waals surface area contributed by atoms with Gasteiger partial charge < -0.3 is 9.84 Å². The standard InChI is InChI=1S/C12H15N3O3/c1-7-5-9(14-18-7)6-15-10(16)12(2,8-3-4-8)13-11(15)17/h5,8H,3-4,6H2,1-2H3,(H,13,17)/t12-/m1/s1. The van der Waals surface area contributed by atoms with Crippen LogP contribution >= 0.6 is 0 Å². The number of carbonyl (C=O) groups excluding carboxylic acids is 2. The van der Waals surface area contributed by atoms with Crippen molar-refractivity contribution < 1.29 is 14.1 Å². The molecular weight excluding hydrogens is 234 g/mol. The third-order valence-electron chi connectivity index (χ3n) is 3.69. The van der Waals surface area contributed by atoms with Crippen LogP contribution in [0.1, 0.15) is 31.2 Å². The van der Waals surface area contributed by atoms with Crippen molar-refractivity contribution in [1.82, 2.24) is 15.4 Å². The molecule has 3 amide bonds. The second-order valence-electron chi connectivity index (χ2n) is 5.23. The molecule has 0 bridgehead atoms. The predicted molar refractivity (Wildman–Crippen MR) is 61.5 cm³/mol. The van der Waals surface area contributed by atoms with Gasteiger partial charge in [0.15, 0.2) is 0 Å². The number of rotatable bonds is 3. The highest BCUT2D eigenvalue weighted by Crippen LogP contribution is 2.42. The van der Waals surface area contributed by atoms with Crippen molar-refractivity contribution in [2.75, 3.05) is 0 Å². The Labute approximate surface area is 104 Å². The Bertz CT molecular complexity index is 520. The lowest BCUT2D eigenvalue weighted by molar-refractivity contribution is -0.131. The van der Waals surface area contributed by atoms with Crippen LogP contribution in [0, 0.1) is 12.8 Å². The molecule has 18 heavy (non-hydrogen) atoms. The van der Waals surface area contributed by atoms with Crippen molar-refractivity contribution in [1.29, 1.82) is 0 Å². The van der Waals surface area contributed by atoms with Crippen LogP contribution in [-0.2, 0) is 11.3 Å². The second-order valence-corrected chi connectivity index (χ2v) is 5.23. The fourth-order valence-electron chi connectivity index (χ4n) is 2.45. The summed E-state index contributed by atoms with van der Waals surface area (Å²) in [5.74, 6) is 0.788. The molecule has 2 heterocycles. The number of aromatic nitrogens is 1. The van der Waals surface area contributed by atoms with Gasteiger partial charge in [-0.25, -0.2) is 4.79 Å². The van der Waals surface area contributed by atoms with Crippen LogP contribution in [0.5, 0.6) is 0 Å². The van der Waals surface area contributed by atoms with Crippen molar-refractivity contribution in [2.45, 2.75) is 38.8 Å². The number of nitrogens with zero attached hydrogens (tertiary/aromatic N) is 2. The average Bonchev–Trinajstić information content (AvgIpc) is 3.06. The smallest absolute Gasteiger partial charge is 0.325 e. The van der Waals surface area contributed by atoms with E-state index < -0.39 is 5.54 Å². The van der Waals surface area contributed by atoms with Crippen molar-refractivity contribution in [3.8, 4) is 0 Å².